The van der Waals surface area contributed by atoms with Crippen molar-refractivity contribution in [1.82, 2.24) is 15.3 Å². The van der Waals surface area contributed by atoms with Gasteiger partial charge in [-0.2, -0.15) is 0 Å². The molecule has 3 rings (SSSR count). The van der Waals surface area contributed by atoms with E-state index in [2.05, 4.69) is 20.6 Å². The maximum Gasteiger partial charge on any atom is 0.270 e. The zero-order valence-corrected chi connectivity index (χ0v) is 15.1. The lowest BCUT2D eigenvalue weighted by atomic mass is 10.1. The number of anilines is 2. The van der Waals surface area contributed by atoms with Crippen molar-refractivity contribution in [3.05, 3.63) is 46.7 Å². The third-order valence-corrected chi connectivity index (χ3v) is 4.75. The van der Waals surface area contributed by atoms with Crippen LogP contribution in [0.25, 0.3) is 0 Å². The number of nitrogens with zero attached hydrogens (tertiary/aromatic N) is 2. The summed E-state index contributed by atoms with van der Waals surface area (Å²) in [5.74, 6) is 0.268. The second-order valence-electron chi connectivity index (χ2n) is 6.51. The predicted molar refractivity (Wildman–Crippen MR) is 100 cm³/mol. The van der Waals surface area contributed by atoms with Crippen LogP contribution >= 0.6 is 11.6 Å². The Morgan fingerprint density at radius 2 is 1.92 bits per heavy atom. The lowest BCUT2D eigenvalue weighted by Crippen LogP contribution is -2.35. The van der Waals surface area contributed by atoms with E-state index in [-0.39, 0.29) is 11.9 Å². The normalized spacial score (nSPS) is 15.4. The van der Waals surface area contributed by atoms with Crippen molar-refractivity contribution in [2.75, 3.05) is 5.32 Å². The molecule has 25 heavy (non-hydrogen) atoms. The Hall–Kier alpha value is -2.14. The number of rotatable bonds is 4. The van der Waals surface area contributed by atoms with Gasteiger partial charge >= 0.3 is 0 Å². The van der Waals surface area contributed by atoms with Crippen LogP contribution in [0.1, 0.15) is 54.6 Å². The van der Waals surface area contributed by atoms with Crippen LogP contribution < -0.4 is 10.6 Å². The second-order valence-corrected chi connectivity index (χ2v) is 6.95. The van der Waals surface area contributed by atoms with Crippen LogP contribution in [0.2, 0.25) is 5.02 Å². The van der Waals surface area contributed by atoms with Crippen LogP contribution in [0.15, 0.2) is 30.5 Å². The molecular weight excluding hydrogens is 336 g/mol. The molecule has 1 aliphatic carbocycles. The lowest BCUT2D eigenvalue weighted by Gasteiger charge is -2.16. The Bertz CT molecular complexity index is 742. The van der Waals surface area contributed by atoms with Gasteiger partial charge in [0.25, 0.3) is 5.91 Å². The number of aryl methyl sites for hydroxylation is 1. The minimum atomic E-state index is -0.134. The van der Waals surface area contributed by atoms with Crippen LogP contribution in [0.4, 0.5) is 11.6 Å². The highest BCUT2D eigenvalue weighted by molar-refractivity contribution is 6.30. The van der Waals surface area contributed by atoms with E-state index in [0.717, 1.165) is 24.1 Å². The average molecular weight is 359 g/mol. The van der Waals surface area contributed by atoms with Gasteiger partial charge in [0.05, 0.1) is 0 Å². The van der Waals surface area contributed by atoms with Gasteiger partial charge in [-0.25, -0.2) is 9.97 Å². The predicted octanol–water partition coefficient (Wildman–Crippen LogP) is 4.63. The zero-order valence-electron chi connectivity index (χ0n) is 14.4. The van der Waals surface area contributed by atoms with E-state index in [0.29, 0.717) is 16.7 Å². The summed E-state index contributed by atoms with van der Waals surface area (Å²) >= 11 is 5.98. The zero-order chi connectivity index (χ0) is 17.6. The van der Waals surface area contributed by atoms with Gasteiger partial charge in [-0.3, -0.25) is 4.79 Å². The molecule has 1 heterocycles. The molecule has 0 spiro atoms. The van der Waals surface area contributed by atoms with Gasteiger partial charge in [-0.1, -0.05) is 37.3 Å². The number of benzene rings is 1. The third-order valence-electron chi connectivity index (χ3n) is 4.51. The van der Waals surface area contributed by atoms with Crippen molar-refractivity contribution in [2.24, 2.45) is 0 Å². The first-order valence-corrected chi connectivity index (χ1v) is 9.17. The molecular formula is C19H23ClN4O. The molecule has 1 amide bonds. The second kappa shape index (κ2) is 8.30. The van der Waals surface area contributed by atoms with Crippen molar-refractivity contribution >= 4 is 29.1 Å². The molecule has 0 bridgehead atoms. The molecule has 0 unspecified atom stereocenters. The Balaban J connectivity index is 1.68. The number of aromatic nitrogens is 2. The fraction of sp³-hybridized carbons (Fsp3) is 0.421. The first kappa shape index (κ1) is 17.7. The molecule has 0 aliphatic heterocycles. The number of hydrogen-bond acceptors (Lipinski definition) is 4. The Kier molecular flexibility index (Phi) is 5.87. The molecule has 0 atom stereocenters. The Morgan fingerprint density at radius 1 is 1.16 bits per heavy atom. The highest BCUT2D eigenvalue weighted by Gasteiger charge is 2.17. The van der Waals surface area contributed by atoms with Crippen molar-refractivity contribution < 1.29 is 4.79 Å². The molecule has 1 fully saturated rings. The smallest absolute Gasteiger partial charge is 0.270 e. The van der Waals surface area contributed by atoms with Crippen LogP contribution in [0.3, 0.4) is 0 Å². The van der Waals surface area contributed by atoms with Gasteiger partial charge in [0.1, 0.15) is 5.69 Å². The third kappa shape index (κ3) is 4.92. The maximum atomic E-state index is 12.5. The fourth-order valence-corrected chi connectivity index (χ4v) is 3.34. The highest BCUT2D eigenvalue weighted by atomic mass is 35.5. The molecule has 2 aromatic rings. The first-order valence-electron chi connectivity index (χ1n) is 8.79. The van der Waals surface area contributed by atoms with Gasteiger partial charge in [0.2, 0.25) is 5.95 Å². The maximum absolute atomic E-state index is 12.5. The largest absolute Gasteiger partial charge is 0.348 e. The van der Waals surface area contributed by atoms with E-state index in [1.165, 1.54) is 25.7 Å². The lowest BCUT2D eigenvalue weighted by molar-refractivity contribution is 0.0928. The van der Waals surface area contributed by atoms with Crippen LogP contribution in [-0.2, 0) is 0 Å². The molecule has 1 aromatic carbocycles. The van der Waals surface area contributed by atoms with Crippen molar-refractivity contribution in [2.45, 2.75) is 51.5 Å². The van der Waals surface area contributed by atoms with Crippen LogP contribution in [0, 0.1) is 6.92 Å². The molecule has 1 aliphatic rings. The molecule has 0 saturated heterocycles. The standard InChI is InChI=1S/C19H23ClN4O/c1-13-12-14(20)8-9-16(13)23-19-21-11-10-17(24-19)18(25)22-15-6-4-2-3-5-7-15/h8-12,15H,2-7H2,1H3,(H,22,25)(H,21,23,24). The molecule has 5 nitrogen and oxygen atoms in total. The summed E-state index contributed by atoms with van der Waals surface area (Å²) in [6.07, 6.45) is 8.57. The van der Waals surface area contributed by atoms with Gasteiger partial charge < -0.3 is 10.6 Å². The molecule has 1 aromatic heterocycles. The van der Waals surface area contributed by atoms with E-state index in [1.54, 1.807) is 18.3 Å². The number of halogens is 1. The quantitative estimate of drug-likeness (QED) is 0.781. The average Bonchev–Trinajstić information content (AvgIpc) is 2.86. The summed E-state index contributed by atoms with van der Waals surface area (Å²) in [6, 6.07) is 7.44. The van der Waals surface area contributed by atoms with Gasteiger partial charge in [-0.05, 0) is 49.6 Å². The van der Waals surface area contributed by atoms with E-state index in [4.69, 9.17) is 11.6 Å². The van der Waals surface area contributed by atoms with Crippen molar-refractivity contribution in [3.8, 4) is 0 Å². The number of nitrogens with one attached hydrogen (secondary N) is 2. The van der Waals surface area contributed by atoms with E-state index >= 15 is 0 Å². The van der Waals surface area contributed by atoms with Gasteiger partial charge in [0.15, 0.2) is 0 Å². The first-order chi connectivity index (χ1) is 12.1. The van der Waals surface area contributed by atoms with E-state index in [1.807, 2.05) is 19.1 Å². The summed E-state index contributed by atoms with van der Waals surface area (Å²) in [6.45, 7) is 1.96. The summed E-state index contributed by atoms with van der Waals surface area (Å²) < 4.78 is 0. The van der Waals surface area contributed by atoms with Gasteiger partial charge in [-0.15, -0.1) is 0 Å². The Labute approximate surface area is 153 Å². The van der Waals surface area contributed by atoms with Crippen LogP contribution in [-0.4, -0.2) is 21.9 Å². The number of hydrogen-bond donors (Lipinski definition) is 2. The Morgan fingerprint density at radius 3 is 2.64 bits per heavy atom. The molecule has 1 saturated carbocycles. The summed E-state index contributed by atoms with van der Waals surface area (Å²) in [4.78, 5) is 21.1. The highest BCUT2D eigenvalue weighted by Crippen LogP contribution is 2.22. The van der Waals surface area contributed by atoms with Gasteiger partial charge in [0, 0.05) is 22.9 Å². The van der Waals surface area contributed by atoms with Crippen LogP contribution in [0.5, 0.6) is 0 Å². The molecule has 2 N–H and O–H groups in total. The monoisotopic (exact) mass is 358 g/mol. The molecule has 0 radical (unpaired) electrons. The number of carbonyl (C=O) groups is 1. The minimum Gasteiger partial charge on any atom is -0.348 e. The fourth-order valence-electron chi connectivity index (χ4n) is 3.12. The SMILES string of the molecule is Cc1cc(Cl)ccc1Nc1nccc(C(=O)NC2CCCCCC2)n1. The molecule has 132 valence electrons. The minimum absolute atomic E-state index is 0.134. The number of amides is 1. The summed E-state index contributed by atoms with van der Waals surface area (Å²) in [5.41, 5.74) is 2.24. The number of carbonyl (C=O) groups excluding carboxylic acids is 1. The molecule has 6 heteroatoms. The van der Waals surface area contributed by atoms with Crippen molar-refractivity contribution in [1.29, 1.82) is 0 Å². The van der Waals surface area contributed by atoms with Crippen molar-refractivity contribution in [3.63, 3.8) is 0 Å². The van der Waals surface area contributed by atoms with E-state index < -0.39 is 0 Å². The summed E-state index contributed by atoms with van der Waals surface area (Å²) in [7, 11) is 0. The van der Waals surface area contributed by atoms with E-state index in [9.17, 15) is 4.79 Å². The summed E-state index contributed by atoms with van der Waals surface area (Å²) in [5, 5.41) is 6.94. The topological polar surface area (TPSA) is 66.9 Å².